The average Bonchev–Trinajstić information content (AvgIpc) is 2.88. The van der Waals surface area contributed by atoms with Gasteiger partial charge in [0.05, 0.1) is 6.10 Å². The van der Waals surface area contributed by atoms with Crippen LogP contribution < -0.4 is 5.32 Å². The van der Waals surface area contributed by atoms with Crippen LogP contribution in [0.5, 0.6) is 0 Å². The van der Waals surface area contributed by atoms with Crippen LogP contribution in [0.2, 0.25) is 0 Å². The average molecular weight is 330 g/mol. The fourth-order valence-corrected chi connectivity index (χ4v) is 3.76. The van der Waals surface area contributed by atoms with E-state index in [1.165, 1.54) is 27.8 Å². The van der Waals surface area contributed by atoms with Gasteiger partial charge in [0.15, 0.2) is 0 Å². The summed E-state index contributed by atoms with van der Waals surface area (Å²) in [7, 11) is 0. The number of thioether (sulfide) groups is 1. The summed E-state index contributed by atoms with van der Waals surface area (Å²) in [6.45, 7) is 5.01. The summed E-state index contributed by atoms with van der Waals surface area (Å²) >= 11 is 5.54. The van der Waals surface area contributed by atoms with E-state index in [9.17, 15) is 0 Å². The maximum absolute atomic E-state index is 5.65. The first-order chi connectivity index (χ1) is 8.79. The van der Waals surface area contributed by atoms with Crippen LogP contribution in [0.15, 0.2) is 27.6 Å². The van der Waals surface area contributed by atoms with Gasteiger partial charge in [0.1, 0.15) is 0 Å². The maximum Gasteiger partial charge on any atom is 0.0669 e. The van der Waals surface area contributed by atoms with Crippen molar-refractivity contribution in [2.45, 2.75) is 37.3 Å². The molecule has 1 aliphatic heterocycles. The molecule has 0 aliphatic carbocycles. The highest BCUT2D eigenvalue weighted by molar-refractivity contribution is 9.10. The molecule has 100 valence electrons. The molecule has 0 amide bonds. The zero-order valence-corrected chi connectivity index (χ0v) is 13.1. The van der Waals surface area contributed by atoms with Gasteiger partial charge in [-0.2, -0.15) is 0 Å². The molecular weight excluding hydrogens is 310 g/mol. The number of hydrogen-bond acceptors (Lipinski definition) is 3. The number of halogens is 1. The standard InChI is InChI=1S/C14H20BrNOS/c1-2-16-9-11-5-6-14(13(15)8-11)18-10-12-4-3-7-17-12/h5-6,8,12,16H,2-4,7,9-10H2,1H3. The van der Waals surface area contributed by atoms with Crippen LogP contribution in [-0.2, 0) is 11.3 Å². The van der Waals surface area contributed by atoms with Gasteiger partial charge in [-0.1, -0.05) is 13.0 Å². The van der Waals surface area contributed by atoms with Gasteiger partial charge in [0.25, 0.3) is 0 Å². The Labute approximate surface area is 122 Å². The van der Waals surface area contributed by atoms with Crippen molar-refractivity contribution in [3.05, 3.63) is 28.2 Å². The molecule has 1 aromatic carbocycles. The second-order valence-electron chi connectivity index (χ2n) is 4.49. The van der Waals surface area contributed by atoms with Crippen LogP contribution in [0.3, 0.4) is 0 Å². The summed E-state index contributed by atoms with van der Waals surface area (Å²) in [5, 5.41) is 3.34. The summed E-state index contributed by atoms with van der Waals surface area (Å²) in [6.07, 6.45) is 2.88. The van der Waals surface area contributed by atoms with Crippen LogP contribution in [0, 0.1) is 0 Å². The molecule has 1 aliphatic rings. The molecule has 1 N–H and O–H groups in total. The summed E-state index contributed by atoms with van der Waals surface area (Å²) in [5.41, 5.74) is 1.32. The van der Waals surface area contributed by atoms with Crippen LogP contribution in [0.1, 0.15) is 25.3 Å². The number of nitrogens with one attached hydrogen (secondary N) is 1. The van der Waals surface area contributed by atoms with E-state index < -0.39 is 0 Å². The molecule has 2 rings (SSSR count). The van der Waals surface area contributed by atoms with E-state index in [0.717, 1.165) is 25.4 Å². The highest BCUT2D eigenvalue weighted by Gasteiger charge is 2.16. The molecule has 18 heavy (non-hydrogen) atoms. The first-order valence-electron chi connectivity index (χ1n) is 6.53. The lowest BCUT2D eigenvalue weighted by Gasteiger charge is -2.11. The second-order valence-corrected chi connectivity index (χ2v) is 6.41. The maximum atomic E-state index is 5.65. The summed E-state index contributed by atoms with van der Waals surface area (Å²) in [5.74, 6) is 1.06. The van der Waals surface area contributed by atoms with Gasteiger partial charge in [-0.3, -0.25) is 0 Å². The van der Waals surface area contributed by atoms with Gasteiger partial charge in [0.2, 0.25) is 0 Å². The van der Waals surface area contributed by atoms with Crippen molar-refractivity contribution < 1.29 is 4.74 Å². The Balaban J connectivity index is 1.87. The van der Waals surface area contributed by atoms with Crippen molar-refractivity contribution in [1.29, 1.82) is 0 Å². The minimum atomic E-state index is 0.448. The van der Waals surface area contributed by atoms with Gasteiger partial charge < -0.3 is 10.1 Å². The SMILES string of the molecule is CCNCc1ccc(SCC2CCCO2)c(Br)c1. The fraction of sp³-hybridized carbons (Fsp3) is 0.571. The van der Waals surface area contributed by atoms with E-state index in [1.807, 2.05) is 11.8 Å². The zero-order valence-electron chi connectivity index (χ0n) is 10.7. The van der Waals surface area contributed by atoms with E-state index in [4.69, 9.17) is 4.74 Å². The number of ether oxygens (including phenoxy) is 1. The highest BCUT2D eigenvalue weighted by atomic mass is 79.9. The first kappa shape index (κ1) is 14.4. The molecule has 0 bridgehead atoms. The monoisotopic (exact) mass is 329 g/mol. The number of benzene rings is 1. The second kappa shape index (κ2) is 7.53. The van der Waals surface area contributed by atoms with Crippen LogP contribution in [0.4, 0.5) is 0 Å². The Bertz CT molecular complexity index is 380. The quantitative estimate of drug-likeness (QED) is 0.801. The summed E-state index contributed by atoms with van der Waals surface area (Å²) < 4.78 is 6.84. The number of hydrogen-bond donors (Lipinski definition) is 1. The predicted molar refractivity (Wildman–Crippen MR) is 81.2 cm³/mol. The van der Waals surface area contributed by atoms with Crippen molar-refractivity contribution in [2.24, 2.45) is 0 Å². The van der Waals surface area contributed by atoms with Gasteiger partial charge in [0, 0.05) is 28.3 Å². The Morgan fingerprint density at radius 3 is 3.06 bits per heavy atom. The van der Waals surface area contributed by atoms with E-state index in [2.05, 4.69) is 46.4 Å². The molecule has 1 fully saturated rings. The molecule has 1 atom stereocenters. The van der Waals surface area contributed by atoms with Crippen LogP contribution in [-0.4, -0.2) is 25.0 Å². The zero-order chi connectivity index (χ0) is 12.8. The molecule has 4 heteroatoms. The van der Waals surface area contributed by atoms with Crippen molar-refractivity contribution in [3.8, 4) is 0 Å². The van der Waals surface area contributed by atoms with E-state index in [-0.39, 0.29) is 0 Å². The molecule has 0 aromatic heterocycles. The lowest BCUT2D eigenvalue weighted by Crippen LogP contribution is -2.11. The van der Waals surface area contributed by atoms with E-state index >= 15 is 0 Å². The Morgan fingerprint density at radius 1 is 1.50 bits per heavy atom. The predicted octanol–water partition coefficient (Wildman–Crippen LogP) is 3.83. The molecule has 0 radical (unpaired) electrons. The molecule has 2 nitrogen and oxygen atoms in total. The van der Waals surface area contributed by atoms with Crippen molar-refractivity contribution >= 4 is 27.7 Å². The molecular formula is C14H20BrNOS. The Morgan fingerprint density at radius 2 is 2.39 bits per heavy atom. The molecule has 1 unspecified atom stereocenters. The van der Waals surface area contributed by atoms with Crippen LogP contribution >= 0.6 is 27.7 Å². The molecule has 1 heterocycles. The van der Waals surface area contributed by atoms with Crippen molar-refractivity contribution in [1.82, 2.24) is 5.32 Å². The largest absolute Gasteiger partial charge is 0.377 e. The Kier molecular flexibility index (Phi) is 6.02. The van der Waals surface area contributed by atoms with E-state index in [0.29, 0.717) is 6.10 Å². The van der Waals surface area contributed by atoms with Crippen LogP contribution in [0.25, 0.3) is 0 Å². The summed E-state index contributed by atoms with van der Waals surface area (Å²) in [6, 6.07) is 6.61. The van der Waals surface area contributed by atoms with Gasteiger partial charge in [-0.05, 0) is 53.0 Å². The third-order valence-electron chi connectivity index (χ3n) is 3.02. The molecule has 1 saturated heterocycles. The van der Waals surface area contributed by atoms with Gasteiger partial charge in [-0.25, -0.2) is 0 Å². The highest BCUT2D eigenvalue weighted by Crippen LogP contribution is 2.30. The van der Waals surface area contributed by atoms with Crippen molar-refractivity contribution in [3.63, 3.8) is 0 Å². The third kappa shape index (κ3) is 4.26. The lowest BCUT2D eigenvalue weighted by atomic mass is 10.2. The third-order valence-corrected chi connectivity index (χ3v) is 5.15. The summed E-state index contributed by atoms with van der Waals surface area (Å²) in [4.78, 5) is 1.31. The topological polar surface area (TPSA) is 21.3 Å². The first-order valence-corrected chi connectivity index (χ1v) is 8.31. The smallest absolute Gasteiger partial charge is 0.0669 e. The molecule has 0 spiro atoms. The Hall–Kier alpha value is -0.0300. The molecule has 0 saturated carbocycles. The lowest BCUT2D eigenvalue weighted by molar-refractivity contribution is 0.129. The van der Waals surface area contributed by atoms with E-state index in [1.54, 1.807) is 0 Å². The normalized spacial score (nSPS) is 19.3. The molecule has 1 aromatic rings. The fourth-order valence-electron chi connectivity index (χ4n) is 2.00. The van der Waals surface area contributed by atoms with Gasteiger partial charge >= 0.3 is 0 Å². The van der Waals surface area contributed by atoms with Gasteiger partial charge in [-0.15, -0.1) is 11.8 Å². The minimum Gasteiger partial charge on any atom is -0.377 e. The number of rotatable bonds is 6. The van der Waals surface area contributed by atoms with Crippen molar-refractivity contribution in [2.75, 3.05) is 18.9 Å². The minimum absolute atomic E-state index is 0.448.